The van der Waals surface area contributed by atoms with Crippen LogP contribution in [0.25, 0.3) is 0 Å². The van der Waals surface area contributed by atoms with Crippen LogP contribution in [0.4, 0.5) is 0 Å². The molecule has 0 saturated carbocycles. The molecule has 0 aliphatic heterocycles. The molecule has 0 rings (SSSR count). The summed E-state index contributed by atoms with van der Waals surface area (Å²) in [5.41, 5.74) is 0. The first-order valence-electron chi connectivity index (χ1n) is 11.3. The van der Waals surface area contributed by atoms with E-state index < -0.39 is 0 Å². The van der Waals surface area contributed by atoms with E-state index in [2.05, 4.69) is 27.7 Å². The van der Waals surface area contributed by atoms with E-state index in [1.54, 1.807) is 0 Å². The maximum absolute atomic E-state index is 2.44. The van der Waals surface area contributed by atoms with Crippen LogP contribution in [0.15, 0.2) is 0 Å². The van der Waals surface area contributed by atoms with E-state index >= 15 is 0 Å². The molecule has 2 atom stereocenters. The largest absolute Gasteiger partial charge is 0.0654 e. The van der Waals surface area contributed by atoms with Crippen LogP contribution in [0.3, 0.4) is 0 Å². The Balaban J connectivity index is 4.03. The Hall–Kier alpha value is 0. The highest BCUT2D eigenvalue weighted by Gasteiger charge is 2.18. The SMILES string of the molecule is CCCCCCCCC(CCCC)C(CC)CCCCCCC. The monoisotopic (exact) mass is 324 g/mol. The lowest BCUT2D eigenvalue weighted by Crippen LogP contribution is -2.15. The second kappa shape index (κ2) is 18.3. The average Bonchev–Trinajstić information content (AvgIpc) is 2.57. The lowest BCUT2D eigenvalue weighted by atomic mass is 9.79. The van der Waals surface area contributed by atoms with E-state index in [0.717, 1.165) is 11.8 Å². The summed E-state index contributed by atoms with van der Waals surface area (Å²) in [5, 5.41) is 0. The first-order valence-corrected chi connectivity index (χ1v) is 11.3. The molecule has 140 valence electrons. The van der Waals surface area contributed by atoms with Crippen molar-refractivity contribution in [1.29, 1.82) is 0 Å². The minimum atomic E-state index is 1.01. The van der Waals surface area contributed by atoms with Crippen molar-refractivity contribution in [3.05, 3.63) is 0 Å². The van der Waals surface area contributed by atoms with E-state index in [1.807, 2.05) is 0 Å². The van der Waals surface area contributed by atoms with Gasteiger partial charge in [-0.15, -0.1) is 0 Å². The lowest BCUT2D eigenvalue weighted by Gasteiger charge is -2.26. The number of unbranched alkanes of at least 4 members (excludes halogenated alkanes) is 10. The highest BCUT2D eigenvalue weighted by Crippen LogP contribution is 2.31. The maximum atomic E-state index is 2.44. The number of hydrogen-bond donors (Lipinski definition) is 0. The minimum Gasteiger partial charge on any atom is -0.0654 e. The summed E-state index contributed by atoms with van der Waals surface area (Å²) in [6, 6.07) is 0. The van der Waals surface area contributed by atoms with Gasteiger partial charge in [0, 0.05) is 0 Å². The molecule has 0 bridgehead atoms. The van der Waals surface area contributed by atoms with Gasteiger partial charge in [-0.05, 0) is 11.8 Å². The molecule has 0 heteroatoms. The van der Waals surface area contributed by atoms with Gasteiger partial charge < -0.3 is 0 Å². The second-order valence-corrected chi connectivity index (χ2v) is 7.83. The normalized spacial score (nSPS) is 14.1. The predicted octanol–water partition coefficient (Wildman–Crippen LogP) is 8.93. The number of hydrogen-bond acceptors (Lipinski definition) is 0. The Morgan fingerprint density at radius 1 is 0.391 bits per heavy atom. The first-order chi connectivity index (χ1) is 11.3. The molecule has 0 aromatic rings. The van der Waals surface area contributed by atoms with Gasteiger partial charge in [0.05, 0.1) is 0 Å². The van der Waals surface area contributed by atoms with Gasteiger partial charge in [0.1, 0.15) is 0 Å². The van der Waals surface area contributed by atoms with Gasteiger partial charge in [-0.25, -0.2) is 0 Å². The zero-order chi connectivity index (χ0) is 17.2. The van der Waals surface area contributed by atoms with Crippen molar-refractivity contribution in [2.45, 2.75) is 137 Å². The standard InChI is InChI=1S/C23H48/c1-5-9-12-14-16-18-21-23(19-11-7-3)22(8-4)20-17-15-13-10-6-2/h22-23H,5-21H2,1-4H3. The average molecular weight is 325 g/mol. The summed E-state index contributed by atoms with van der Waals surface area (Å²) in [7, 11) is 0. The van der Waals surface area contributed by atoms with Crippen molar-refractivity contribution in [3.63, 3.8) is 0 Å². The van der Waals surface area contributed by atoms with E-state index in [-0.39, 0.29) is 0 Å². The van der Waals surface area contributed by atoms with E-state index in [1.165, 1.54) is 109 Å². The van der Waals surface area contributed by atoms with Crippen LogP contribution in [0.1, 0.15) is 137 Å². The minimum absolute atomic E-state index is 1.01. The van der Waals surface area contributed by atoms with Crippen LogP contribution in [0.5, 0.6) is 0 Å². The highest BCUT2D eigenvalue weighted by atomic mass is 14.2. The first kappa shape index (κ1) is 23.0. The third-order valence-electron chi connectivity index (χ3n) is 5.73. The fraction of sp³-hybridized carbons (Fsp3) is 1.00. The summed E-state index contributed by atoms with van der Waals surface area (Å²) in [6.45, 7) is 9.42. The Morgan fingerprint density at radius 3 is 1.26 bits per heavy atom. The van der Waals surface area contributed by atoms with Crippen LogP contribution >= 0.6 is 0 Å². The van der Waals surface area contributed by atoms with Crippen LogP contribution in [-0.4, -0.2) is 0 Å². The van der Waals surface area contributed by atoms with Gasteiger partial charge >= 0.3 is 0 Å². The van der Waals surface area contributed by atoms with Crippen molar-refractivity contribution in [1.82, 2.24) is 0 Å². The quantitative estimate of drug-likeness (QED) is 0.221. The summed E-state index contributed by atoms with van der Waals surface area (Å²) in [5.74, 6) is 2.04. The third-order valence-corrected chi connectivity index (χ3v) is 5.73. The third kappa shape index (κ3) is 14.1. The molecule has 23 heavy (non-hydrogen) atoms. The van der Waals surface area contributed by atoms with Gasteiger partial charge in [-0.3, -0.25) is 0 Å². The van der Waals surface area contributed by atoms with Crippen molar-refractivity contribution in [2.24, 2.45) is 11.8 Å². The summed E-state index contributed by atoms with van der Waals surface area (Å²) in [4.78, 5) is 0. The molecule has 0 spiro atoms. The predicted molar refractivity (Wildman–Crippen MR) is 108 cm³/mol. The Kier molecular flexibility index (Phi) is 18.3. The van der Waals surface area contributed by atoms with E-state index in [9.17, 15) is 0 Å². The summed E-state index contributed by atoms with van der Waals surface area (Å²) in [6.07, 6.45) is 24.7. The molecule has 0 aromatic carbocycles. The second-order valence-electron chi connectivity index (χ2n) is 7.83. The zero-order valence-electron chi connectivity index (χ0n) is 17.2. The Morgan fingerprint density at radius 2 is 0.783 bits per heavy atom. The van der Waals surface area contributed by atoms with Crippen LogP contribution in [0, 0.1) is 11.8 Å². The summed E-state index contributed by atoms with van der Waals surface area (Å²) < 4.78 is 0. The molecule has 0 aliphatic rings. The van der Waals surface area contributed by atoms with Gasteiger partial charge in [0.2, 0.25) is 0 Å². The molecule has 0 aliphatic carbocycles. The van der Waals surface area contributed by atoms with Crippen molar-refractivity contribution in [2.75, 3.05) is 0 Å². The molecule has 0 nitrogen and oxygen atoms in total. The zero-order valence-corrected chi connectivity index (χ0v) is 17.2. The van der Waals surface area contributed by atoms with Crippen LogP contribution in [-0.2, 0) is 0 Å². The Bertz CT molecular complexity index is 208. The van der Waals surface area contributed by atoms with Crippen molar-refractivity contribution < 1.29 is 0 Å². The molecular weight excluding hydrogens is 276 g/mol. The molecule has 0 amide bonds. The maximum Gasteiger partial charge on any atom is -0.0386 e. The van der Waals surface area contributed by atoms with Gasteiger partial charge in [-0.1, -0.05) is 137 Å². The van der Waals surface area contributed by atoms with E-state index in [0.29, 0.717) is 0 Å². The van der Waals surface area contributed by atoms with Crippen LogP contribution in [0.2, 0.25) is 0 Å². The Labute approximate surface area is 149 Å². The molecule has 0 aromatic heterocycles. The number of rotatable bonds is 18. The molecule has 0 N–H and O–H groups in total. The molecule has 2 unspecified atom stereocenters. The molecular formula is C23H48. The van der Waals surface area contributed by atoms with Crippen molar-refractivity contribution >= 4 is 0 Å². The topological polar surface area (TPSA) is 0 Å². The van der Waals surface area contributed by atoms with Gasteiger partial charge in [0.15, 0.2) is 0 Å². The van der Waals surface area contributed by atoms with Gasteiger partial charge in [0.25, 0.3) is 0 Å². The van der Waals surface area contributed by atoms with Crippen molar-refractivity contribution in [3.8, 4) is 0 Å². The molecule has 0 radical (unpaired) electrons. The van der Waals surface area contributed by atoms with E-state index in [4.69, 9.17) is 0 Å². The smallest absolute Gasteiger partial charge is 0.0386 e. The molecule has 0 saturated heterocycles. The van der Waals surface area contributed by atoms with Gasteiger partial charge in [-0.2, -0.15) is 0 Å². The fourth-order valence-electron chi connectivity index (χ4n) is 4.05. The van der Waals surface area contributed by atoms with Crippen LogP contribution < -0.4 is 0 Å². The molecule has 0 fully saturated rings. The lowest BCUT2D eigenvalue weighted by molar-refractivity contribution is 0.250. The molecule has 0 heterocycles. The highest BCUT2D eigenvalue weighted by molar-refractivity contribution is 4.70. The fourth-order valence-corrected chi connectivity index (χ4v) is 4.05. The summed E-state index contributed by atoms with van der Waals surface area (Å²) >= 11 is 0.